The molecule has 0 radical (unpaired) electrons. The maximum atomic E-state index is 14.3. The van der Waals surface area contributed by atoms with Crippen molar-refractivity contribution in [3.05, 3.63) is 116 Å². The molecule has 0 saturated heterocycles. The van der Waals surface area contributed by atoms with E-state index in [0.29, 0.717) is 57.9 Å². The number of Topliss-reactive ketones (excluding diaryl/α,β-unsaturated/α-hetero) is 1. The average molecular weight is 709 g/mol. The summed E-state index contributed by atoms with van der Waals surface area (Å²) >= 11 is 0. The quantitative estimate of drug-likeness (QED) is 0.149. The van der Waals surface area contributed by atoms with Gasteiger partial charge in [-0.15, -0.1) is 0 Å². The third kappa shape index (κ3) is 8.52. The Balaban J connectivity index is 2.48. The monoisotopic (exact) mass is 708 g/mol. The fourth-order valence-corrected chi connectivity index (χ4v) is 7.36. The molecule has 278 valence electrons. The summed E-state index contributed by atoms with van der Waals surface area (Å²) in [6.45, 7) is 21.8. The number of nitrogens with zero attached hydrogens (tertiary/aromatic N) is 2. The highest BCUT2D eigenvalue weighted by Gasteiger charge is 2.44. The summed E-state index contributed by atoms with van der Waals surface area (Å²) in [6.07, 6.45) is 12.2. The number of carbonyl (C=O) groups is 3. The highest BCUT2D eigenvalue weighted by molar-refractivity contribution is 6.18. The molecule has 3 unspecified atom stereocenters. The van der Waals surface area contributed by atoms with Crippen molar-refractivity contribution in [2.75, 3.05) is 20.8 Å². The van der Waals surface area contributed by atoms with Gasteiger partial charge in [0.05, 0.1) is 18.5 Å². The van der Waals surface area contributed by atoms with Crippen molar-refractivity contribution >= 4 is 29.1 Å². The minimum Gasteiger partial charge on any atom is -0.468 e. The standard InChI is InChI=1S/C43H56N4O5/c1-13-16-19-52-38(48)18-17-32-26(7)35(46-11)20-23(4)24(5)30(14-2)34(45)22-36-25(6)31(15-3)37(47-36)21-33(44)28(9)40-29(10)39(27(32)8)41(42(40)49)43(50)51-12/h13-14,16,20-22,26,32,41H,2,15,17-19,44-45H2,1,3-12H3/b16-13?,23-20+,30-24+,33-28-,34-22-,37-21-,39-27-,46-35+. The minimum atomic E-state index is -1.19. The van der Waals surface area contributed by atoms with Crippen molar-refractivity contribution in [1.82, 2.24) is 0 Å². The van der Waals surface area contributed by atoms with Gasteiger partial charge in [-0.25, -0.2) is 4.99 Å². The Kier molecular flexibility index (Phi) is 14.3. The van der Waals surface area contributed by atoms with Gasteiger partial charge in [-0.3, -0.25) is 19.4 Å². The second-order valence-corrected chi connectivity index (χ2v) is 13.5. The Morgan fingerprint density at radius 2 is 1.69 bits per heavy atom. The number of esters is 2. The number of nitrogens with two attached hydrogens (primary N) is 2. The summed E-state index contributed by atoms with van der Waals surface area (Å²) in [7, 11) is 3.01. The van der Waals surface area contributed by atoms with E-state index in [1.54, 1.807) is 32.2 Å². The van der Waals surface area contributed by atoms with Crippen LogP contribution >= 0.6 is 0 Å². The Morgan fingerprint density at radius 3 is 2.27 bits per heavy atom. The van der Waals surface area contributed by atoms with Crippen molar-refractivity contribution in [3.8, 4) is 0 Å². The van der Waals surface area contributed by atoms with E-state index in [1.807, 2.05) is 66.7 Å². The van der Waals surface area contributed by atoms with Crippen molar-refractivity contribution in [1.29, 1.82) is 0 Å². The molecule has 0 amide bonds. The molecule has 0 aromatic carbocycles. The van der Waals surface area contributed by atoms with Crippen LogP contribution in [0.25, 0.3) is 0 Å². The van der Waals surface area contributed by atoms with Gasteiger partial charge in [0, 0.05) is 47.6 Å². The van der Waals surface area contributed by atoms with Crippen molar-refractivity contribution in [2.24, 2.45) is 39.2 Å². The van der Waals surface area contributed by atoms with Gasteiger partial charge < -0.3 is 20.9 Å². The van der Waals surface area contributed by atoms with Crippen LogP contribution in [0.1, 0.15) is 81.6 Å². The van der Waals surface area contributed by atoms with Crippen LogP contribution in [0.2, 0.25) is 0 Å². The summed E-state index contributed by atoms with van der Waals surface area (Å²) in [5.74, 6) is -3.12. The number of ether oxygens (including phenoxy) is 2. The average Bonchev–Trinajstić information content (AvgIpc) is 3.55. The molecule has 0 saturated carbocycles. The van der Waals surface area contributed by atoms with Gasteiger partial charge in [-0.1, -0.05) is 44.2 Å². The number of methoxy groups -OCH3 is 1. The summed E-state index contributed by atoms with van der Waals surface area (Å²) < 4.78 is 10.7. The van der Waals surface area contributed by atoms with Crippen LogP contribution in [0.3, 0.4) is 0 Å². The molecule has 3 aliphatic rings. The van der Waals surface area contributed by atoms with Crippen LogP contribution in [-0.2, 0) is 23.9 Å². The van der Waals surface area contributed by atoms with E-state index in [-0.39, 0.29) is 36.6 Å². The van der Waals surface area contributed by atoms with Gasteiger partial charge in [0.1, 0.15) is 12.5 Å². The second-order valence-electron chi connectivity index (χ2n) is 13.5. The van der Waals surface area contributed by atoms with E-state index >= 15 is 0 Å². The smallest absolute Gasteiger partial charge is 0.321 e. The number of aliphatic imine (C=N–C) groups is 2. The van der Waals surface area contributed by atoms with E-state index in [4.69, 9.17) is 30.9 Å². The number of allylic oxidation sites excluding steroid dienone is 13. The van der Waals surface area contributed by atoms with Gasteiger partial charge in [0.2, 0.25) is 0 Å². The Hall–Kier alpha value is -5.05. The van der Waals surface area contributed by atoms with Crippen LogP contribution in [0, 0.1) is 17.8 Å². The maximum absolute atomic E-state index is 14.3. The fourth-order valence-electron chi connectivity index (χ4n) is 7.36. The molecule has 9 nitrogen and oxygen atoms in total. The lowest BCUT2D eigenvalue weighted by Gasteiger charge is -2.28. The lowest BCUT2D eigenvalue weighted by atomic mass is 9.76. The number of carbonyl (C=O) groups excluding carboxylic acids is 3. The first-order valence-corrected chi connectivity index (χ1v) is 17.8. The predicted molar refractivity (Wildman–Crippen MR) is 211 cm³/mol. The van der Waals surface area contributed by atoms with E-state index in [9.17, 15) is 14.4 Å². The van der Waals surface area contributed by atoms with Crippen molar-refractivity contribution in [2.45, 2.75) is 81.6 Å². The Bertz CT molecular complexity index is 1880. The van der Waals surface area contributed by atoms with Crippen LogP contribution in [0.4, 0.5) is 0 Å². The molecule has 3 rings (SSSR count). The minimum absolute atomic E-state index is 0.124. The Morgan fingerprint density at radius 1 is 1.02 bits per heavy atom. The van der Waals surface area contributed by atoms with E-state index in [0.717, 1.165) is 39.2 Å². The van der Waals surface area contributed by atoms with E-state index in [2.05, 4.69) is 13.5 Å². The molecule has 0 fully saturated rings. The maximum Gasteiger partial charge on any atom is 0.321 e. The number of hydrogen-bond donors (Lipinski definition) is 2. The molecule has 9 heteroatoms. The molecule has 2 heterocycles. The van der Waals surface area contributed by atoms with E-state index in [1.165, 1.54) is 7.11 Å². The molecule has 0 aromatic heterocycles. The summed E-state index contributed by atoms with van der Waals surface area (Å²) in [6, 6.07) is 0. The number of ketones is 1. The molecule has 3 atom stereocenters. The third-order valence-corrected chi connectivity index (χ3v) is 10.6. The van der Waals surface area contributed by atoms with Gasteiger partial charge in [0.25, 0.3) is 0 Å². The molecule has 0 aromatic rings. The predicted octanol–water partition coefficient (Wildman–Crippen LogP) is 7.82. The first-order valence-electron chi connectivity index (χ1n) is 17.8. The highest BCUT2D eigenvalue weighted by atomic mass is 16.5. The molecule has 4 N–H and O–H groups in total. The molecular weight excluding hydrogens is 652 g/mol. The first kappa shape index (κ1) is 41.4. The lowest BCUT2D eigenvalue weighted by molar-refractivity contribution is -0.146. The first-order chi connectivity index (χ1) is 24.6. The van der Waals surface area contributed by atoms with E-state index < -0.39 is 11.9 Å². The molecule has 2 aliphatic heterocycles. The third-order valence-electron chi connectivity index (χ3n) is 10.6. The topological polar surface area (TPSA) is 146 Å². The summed E-state index contributed by atoms with van der Waals surface area (Å²) in [4.78, 5) is 50.3. The zero-order valence-electron chi connectivity index (χ0n) is 32.8. The van der Waals surface area contributed by atoms with Crippen LogP contribution < -0.4 is 11.5 Å². The second kappa shape index (κ2) is 17.9. The van der Waals surface area contributed by atoms with Crippen LogP contribution in [0.5, 0.6) is 0 Å². The van der Waals surface area contributed by atoms with Crippen molar-refractivity contribution < 1.29 is 23.9 Å². The molecule has 4 bridgehead atoms. The highest BCUT2D eigenvalue weighted by Crippen LogP contribution is 2.44. The zero-order valence-corrected chi connectivity index (χ0v) is 32.8. The normalized spacial score (nSPS) is 30.2. The van der Waals surface area contributed by atoms with Crippen LogP contribution in [0.15, 0.2) is 126 Å². The lowest BCUT2D eigenvalue weighted by Crippen LogP contribution is -2.28. The fraction of sp³-hybridized carbons (Fsp3) is 0.419. The van der Waals surface area contributed by atoms with Gasteiger partial charge in [-0.2, -0.15) is 0 Å². The molecule has 52 heavy (non-hydrogen) atoms. The molecular formula is C43H56N4O5. The molecule has 0 spiro atoms. The van der Waals surface area contributed by atoms with Gasteiger partial charge in [-0.05, 0) is 124 Å². The largest absolute Gasteiger partial charge is 0.468 e. The zero-order chi connectivity index (χ0) is 39.0. The van der Waals surface area contributed by atoms with Crippen LogP contribution in [-0.4, -0.2) is 49.9 Å². The SMILES string of the molecule is C=CC1=C(C)\C(C)=C\C(=N/C)C(C)C(CCC(=O)OCC=CC)/C(C)=C2C(C)=C(C(=O)C/2C(=O)OC)/C(C)=C(N)/C=C2N=C(\C=C\1N)C(C)=C\2CC. The number of fused-ring (bicyclic) bond motifs is 2. The number of rotatable bonds is 8. The summed E-state index contributed by atoms with van der Waals surface area (Å²) in [5.41, 5.74) is 24.1. The van der Waals surface area contributed by atoms with Crippen molar-refractivity contribution in [3.63, 3.8) is 0 Å². The number of hydrogen-bond acceptors (Lipinski definition) is 9. The molecule has 1 aliphatic carbocycles. The summed E-state index contributed by atoms with van der Waals surface area (Å²) in [5, 5.41) is 0. The van der Waals surface area contributed by atoms with Gasteiger partial charge in [0.15, 0.2) is 5.78 Å². The Labute approximate surface area is 309 Å². The van der Waals surface area contributed by atoms with Gasteiger partial charge >= 0.3 is 11.9 Å².